The van der Waals surface area contributed by atoms with Crippen molar-refractivity contribution in [1.82, 2.24) is 0 Å². The molecule has 0 aliphatic heterocycles. The predicted octanol–water partition coefficient (Wildman–Crippen LogP) is 3.98. The molecule has 0 N–H and O–H groups in total. The van der Waals surface area contributed by atoms with E-state index in [1.54, 1.807) is 24.3 Å². The lowest BCUT2D eigenvalue weighted by atomic mass is 9.98. The lowest BCUT2D eigenvalue weighted by molar-refractivity contribution is -0.139. The lowest BCUT2D eigenvalue weighted by Gasteiger charge is -2.08. The van der Waals surface area contributed by atoms with E-state index in [1.165, 1.54) is 13.4 Å². The third-order valence-electron chi connectivity index (χ3n) is 4.57. The number of hydrogen-bond donors (Lipinski definition) is 0. The van der Waals surface area contributed by atoms with Crippen molar-refractivity contribution in [3.8, 4) is 0 Å². The summed E-state index contributed by atoms with van der Waals surface area (Å²) in [5, 5.41) is 0. The average Bonchev–Trinajstić information content (AvgIpc) is 2.87. The van der Waals surface area contributed by atoms with Crippen molar-refractivity contribution in [1.29, 1.82) is 0 Å². The Balaban J connectivity index is 2.08. The molecule has 5 heteroatoms. The van der Waals surface area contributed by atoms with Gasteiger partial charge in [-0.1, -0.05) is 36.4 Å². The first-order valence-corrected chi connectivity index (χ1v) is 10.1. The quantitative estimate of drug-likeness (QED) is 0.766. The Morgan fingerprint density at radius 3 is 2.23 bits per heavy atom. The van der Waals surface area contributed by atoms with Crippen molar-refractivity contribution >= 4 is 33.0 Å². The Morgan fingerprint density at radius 1 is 1.04 bits per heavy atom. The third kappa shape index (κ3) is 3.48. The summed E-state index contributed by atoms with van der Waals surface area (Å²) in [6.07, 6.45) is 3.37. The molecule has 3 rings (SSSR count). The highest BCUT2D eigenvalue weighted by molar-refractivity contribution is 7.90. The molecule has 0 atom stereocenters. The monoisotopic (exact) mass is 368 g/mol. The number of benzene rings is 2. The molecular formula is C21H20O4S. The van der Waals surface area contributed by atoms with Crippen LogP contribution in [-0.4, -0.2) is 27.8 Å². The molecule has 0 spiro atoms. The summed E-state index contributed by atoms with van der Waals surface area (Å²) in [6.45, 7) is 2.00. The Labute approximate surface area is 153 Å². The SMILES string of the molecule is COC(=O)CC1=C(C)c2ccccc2/C1=C\c1ccc(S(C)(=O)=O)cc1. The fourth-order valence-electron chi connectivity index (χ4n) is 3.16. The van der Waals surface area contributed by atoms with Gasteiger partial charge < -0.3 is 4.74 Å². The van der Waals surface area contributed by atoms with Gasteiger partial charge in [0.1, 0.15) is 0 Å². The summed E-state index contributed by atoms with van der Waals surface area (Å²) < 4.78 is 28.1. The van der Waals surface area contributed by atoms with Gasteiger partial charge in [0.2, 0.25) is 0 Å². The zero-order valence-corrected chi connectivity index (χ0v) is 15.8. The topological polar surface area (TPSA) is 60.4 Å². The minimum absolute atomic E-state index is 0.199. The van der Waals surface area contributed by atoms with Crippen molar-refractivity contribution in [3.63, 3.8) is 0 Å². The van der Waals surface area contributed by atoms with E-state index in [1.807, 2.05) is 37.3 Å². The van der Waals surface area contributed by atoms with Crippen molar-refractivity contribution < 1.29 is 17.9 Å². The van der Waals surface area contributed by atoms with Crippen molar-refractivity contribution in [2.75, 3.05) is 13.4 Å². The van der Waals surface area contributed by atoms with E-state index in [0.29, 0.717) is 0 Å². The highest BCUT2D eigenvalue weighted by atomic mass is 32.2. The number of carbonyl (C=O) groups is 1. The number of rotatable bonds is 4. The number of sulfone groups is 1. The van der Waals surface area contributed by atoms with E-state index in [4.69, 9.17) is 4.74 Å². The number of esters is 1. The molecule has 0 heterocycles. The largest absolute Gasteiger partial charge is 0.469 e. The summed E-state index contributed by atoms with van der Waals surface area (Å²) in [5.41, 5.74) is 6.01. The number of carbonyl (C=O) groups excluding carboxylic acids is 1. The van der Waals surface area contributed by atoms with Crippen LogP contribution < -0.4 is 0 Å². The summed E-state index contributed by atoms with van der Waals surface area (Å²) in [4.78, 5) is 12.2. The van der Waals surface area contributed by atoms with Crippen LogP contribution in [-0.2, 0) is 19.4 Å². The van der Waals surface area contributed by atoms with Gasteiger partial charge in [0.05, 0.1) is 18.4 Å². The molecular weight excluding hydrogens is 348 g/mol. The molecule has 1 aliphatic rings. The maximum Gasteiger partial charge on any atom is 0.310 e. The molecule has 0 radical (unpaired) electrons. The van der Waals surface area contributed by atoms with Gasteiger partial charge in [-0.3, -0.25) is 4.79 Å². The fraction of sp³-hybridized carbons (Fsp3) is 0.190. The maximum absolute atomic E-state index is 11.9. The Kier molecular flexibility index (Phi) is 4.83. The highest BCUT2D eigenvalue weighted by Crippen LogP contribution is 2.43. The van der Waals surface area contributed by atoms with Crippen molar-refractivity contribution in [2.45, 2.75) is 18.2 Å². The van der Waals surface area contributed by atoms with Crippen LogP contribution >= 0.6 is 0 Å². The minimum atomic E-state index is -3.23. The summed E-state index contributed by atoms with van der Waals surface area (Å²) >= 11 is 0. The second-order valence-corrected chi connectivity index (χ2v) is 8.32. The van der Waals surface area contributed by atoms with Gasteiger partial charge in [-0.25, -0.2) is 8.42 Å². The van der Waals surface area contributed by atoms with Crippen LogP contribution in [0.2, 0.25) is 0 Å². The van der Waals surface area contributed by atoms with Crippen LogP contribution in [0.4, 0.5) is 0 Å². The predicted molar refractivity (Wildman–Crippen MR) is 103 cm³/mol. The third-order valence-corrected chi connectivity index (χ3v) is 5.70. The average molecular weight is 368 g/mol. The van der Waals surface area contributed by atoms with E-state index in [-0.39, 0.29) is 17.3 Å². The Bertz CT molecular complexity index is 1030. The Hall–Kier alpha value is -2.66. The summed E-state index contributed by atoms with van der Waals surface area (Å²) in [7, 11) is -1.84. The highest BCUT2D eigenvalue weighted by Gasteiger charge is 2.25. The maximum atomic E-state index is 11.9. The zero-order valence-electron chi connectivity index (χ0n) is 14.9. The first kappa shape index (κ1) is 18.1. The molecule has 0 aromatic heterocycles. The standard InChI is InChI=1S/C21H20O4S/c1-14-17-6-4-5-7-18(17)20(19(14)13-21(22)25-2)12-15-8-10-16(11-9-15)26(3,23)24/h4-12H,13H2,1-3H3/b20-12+. The smallest absolute Gasteiger partial charge is 0.310 e. The van der Waals surface area contributed by atoms with Crippen LogP contribution in [0.15, 0.2) is 59.0 Å². The summed E-state index contributed by atoms with van der Waals surface area (Å²) in [5.74, 6) is -0.287. The first-order chi connectivity index (χ1) is 12.3. The van der Waals surface area contributed by atoms with Gasteiger partial charge in [0, 0.05) is 6.26 Å². The molecule has 0 saturated heterocycles. The van der Waals surface area contributed by atoms with E-state index in [9.17, 15) is 13.2 Å². The first-order valence-electron chi connectivity index (χ1n) is 8.20. The molecule has 26 heavy (non-hydrogen) atoms. The molecule has 0 unspecified atom stereocenters. The molecule has 134 valence electrons. The molecule has 2 aromatic rings. The van der Waals surface area contributed by atoms with E-state index < -0.39 is 9.84 Å². The second kappa shape index (κ2) is 6.92. The van der Waals surface area contributed by atoms with Crippen molar-refractivity contribution in [2.24, 2.45) is 0 Å². The molecule has 0 bridgehead atoms. The van der Waals surface area contributed by atoms with E-state index in [0.717, 1.165) is 33.4 Å². The molecule has 0 fully saturated rings. The van der Waals surface area contributed by atoms with Crippen LogP contribution in [0.25, 0.3) is 17.2 Å². The molecule has 0 saturated carbocycles. The normalized spacial score (nSPS) is 15.3. The van der Waals surface area contributed by atoms with Crippen LogP contribution in [0.3, 0.4) is 0 Å². The van der Waals surface area contributed by atoms with Gasteiger partial charge in [-0.2, -0.15) is 0 Å². The van der Waals surface area contributed by atoms with Crippen LogP contribution in [0.1, 0.15) is 30.0 Å². The molecule has 0 amide bonds. The van der Waals surface area contributed by atoms with Crippen LogP contribution in [0, 0.1) is 0 Å². The second-order valence-electron chi connectivity index (χ2n) is 6.30. The van der Waals surface area contributed by atoms with Gasteiger partial charge in [-0.15, -0.1) is 0 Å². The molecule has 4 nitrogen and oxygen atoms in total. The molecule has 2 aromatic carbocycles. The van der Waals surface area contributed by atoms with E-state index in [2.05, 4.69) is 0 Å². The minimum Gasteiger partial charge on any atom is -0.469 e. The van der Waals surface area contributed by atoms with Crippen molar-refractivity contribution in [3.05, 3.63) is 70.8 Å². The zero-order chi connectivity index (χ0) is 18.9. The number of fused-ring (bicyclic) bond motifs is 1. The molecule has 1 aliphatic carbocycles. The van der Waals surface area contributed by atoms with Gasteiger partial charge in [0.25, 0.3) is 0 Å². The number of allylic oxidation sites excluding steroid dienone is 2. The lowest BCUT2D eigenvalue weighted by Crippen LogP contribution is -2.02. The number of ether oxygens (including phenoxy) is 1. The van der Waals surface area contributed by atoms with Gasteiger partial charge in [0.15, 0.2) is 9.84 Å². The summed E-state index contributed by atoms with van der Waals surface area (Å²) in [6, 6.07) is 14.7. The van der Waals surface area contributed by atoms with Gasteiger partial charge >= 0.3 is 5.97 Å². The van der Waals surface area contributed by atoms with E-state index >= 15 is 0 Å². The van der Waals surface area contributed by atoms with Crippen LogP contribution in [0.5, 0.6) is 0 Å². The number of methoxy groups -OCH3 is 1. The fourth-order valence-corrected chi connectivity index (χ4v) is 3.79. The number of hydrogen-bond acceptors (Lipinski definition) is 4. The van der Waals surface area contributed by atoms with Gasteiger partial charge in [-0.05, 0) is 58.5 Å². The Morgan fingerprint density at radius 2 is 1.65 bits per heavy atom.